The van der Waals surface area contributed by atoms with Gasteiger partial charge in [-0.05, 0) is 6.92 Å². The summed E-state index contributed by atoms with van der Waals surface area (Å²) in [6, 6.07) is 0. The van der Waals surface area contributed by atoms with Crippen molar-refractivity contribution in [1.29, 1.82) is 0 Å². The molecule has 0 fully saturated rings. The summed E-state index contributed by atoms with van der Waals surface area (Å²) < 4.78 is 507. The van der Waals surface area contributed by atoms with E-state index >= 15 is 0 Å². The number of halogens is 38. The van der Waals surface area contributed by atoms with Gasteiger partial charge in [0.1, 0.15) is 21.2 Å². The van der Waals surface area contributed by atoms with Gasteiger partial charge in [-0.15, -0.1) is 36.5 Å². The van der Waals surface area contributed by atoms with Crippen molar-refractivity contribution in [3.05, 3.63) is 74.9 Å². The topological polar surface area (TPSA) is 116 Å². The fraction of sp³-hybridized carbons (Fsp3) is 0.486. The first-order valence-electron chi connectivity index (χ1n) is 19.5. The number of benzene rings is 3. The lowest BCUT2D eigenvalue weighted by Gasteiger charge is -2.39. The van der Waals surface area contributed by atoms with Gasteiger partial charge in [-0.25, -0.2) is 59.7 Å². The van der Waals surface area contributed by atoms with Crippen molar-refractivity contribution in [2.45, 2.75) is 116 Å². The minimum Gasteiger partial charge on any atom is -0.220 e. The average Bonchev–Trinajstić information content (AvgIpc) is 0.768. The molecular formula is C35H14F38O9S5. The molecule has 52 heteroatoms. The van der Waals surface area contributed by atoms with Crippen molar-refractivity contribution in [3.8, 4) is 0 Å². The minimum absolute atomic E-state index is 0.355. The first-order valence-corrected chi connectivity index (χ1v) is 23.7. The molecule has 9 nitrogen and oxygen atoms in total. The van der Waals surface area contributed by atoms with Crippen LogP contribution in [0.15, 0.2) is 24.5 Å². The number of hydrogen-bond donors (Lipinski definition) is 3. The summed E-state index contributed by atoms with van der Waals surface area (Å²) in [5.41, 5.74) is -6.06. The van der Waals surface area contributed by atoms with Crippen molar-refractivity contribution >= 4 is 59.7 Å². The maximum absolute atomic E-state index is 13.9. The Morgan fingerprint density at radius 2 is 0.540 bits per heavy atom. The monoisotopic (exact) mass is 1460 g/mol. The van der Waals surface area contributed by atoms with E-state index in [9.17, 15) is 167 Å². The van der Waals surface area contributed by atoms with Gasteiger partial charge < -0.3 is 0 Å². The molecule has 3 aromatic rings. The highest BCUT2D eigenvalue weighted by Gasteiger charge is 2.90. The van der Waals surface area contributed by atoms with E-state index < -0.39 is 255 Å². The Kier molecular flexibility index (Phi) is 27.1. The summed E-state index contributed by atoms with van der Waals surface area (Å²) >= 11 is -3.44. The molecule has 0 spiro atoms. The Morgan fingerprint density at radius 1 is 0.299 bits per heavy atom. The average molecular weight is 1460 g/mol. The van der Waals surface area contributed by atoms with Crippen LogP contribution in [-0.4, -0.2) is 87.0 Å². The van der Waals surface area contributed by atoms with Gasteiger partial charge in [0.15, 0.2) is 52.4 Å². The zero-order chi connectivity index (χ0) is 69.0. The van der Waals surface area contributed by atoms with Gasteiger partial charge in [0.2, 0.25) is 0 Å². The highest BCUT2D eigenvalue weighted by atomic mass is 32.2. The molecule has 87 heavy (non-hydrogen) atoms. The molecule has 504 valence electrons. The van der Waals surface area contributed by atoms with Crippen molar-refractivity contribution in [3.63, 3.8) is 0 Å². The predicted octanol–water partition coefficient (Wildman–Crippen LogP) is 19.3. The van der Waals surface area contributed by atoms with E-state index in [2.05, 4.69) is 28.1 Å². The predicted molar refractivity (Wildman–Crippen MR) is 208 cm³/mol. The molecule has 0 heterocycles. The molecule has 0 aromatic heterocycles. The lowest BCUT2D eigenvalue weighted by Crippen LogP contribution is -2.70. The van der Waals surface area contributed by atoms with Crippen LogP contribution in [0.4, 0.5) is 167 Å². The second-order valence-electron chi connectivity index (χ2n) is 14.9. The first-order chi connectivity index (χ1) is 38.8. The zero-order valence-electron chi connectivity index (χ0n) is 39.0. The summed E-state index contributed by atoms with van der Waals surface area (Å²) in [5.74, 6) is -85.3. The summed E-state index contributed by atoms with van der Waals surface area (Å²) in [5, 5.41) is 32.2. The Labute approximate surface area is 472 Å². The van der Waals surface area contributed by atoms with E-state index in [-0.39, 0.29) is 0 Å². The molecule has 0 aliphatic rings. The molecule has 0 radical (unpaired) electrons. The van der Waals surface area contributed by atoms with Gasteiger partial charge >= 0.3 is 72.1 Å². The van der Waals surface area contributed by atoms with Crippen LogP contribution in [-0.2, 0) is 40.5 Å². The van der Waals surface area contributed by atoms with Crippen LogP contribution in [0, 0.1) is 65.1 Å². The van der Waals surface area contributed by atoms with E-state index in [1.807, 2.05) is 0 Å². The quantitative estimate of drug-likeness (QED) is 0.0209. The highest BCUT2D eigenvalue weighted by Crippen LogP contribution is 2.61. The van der Waals surface area contributed by atoms with Crippen LogP contribution >= 0.6 is 59.7 Å². The van der Waals surface area contributed by atoms with Crippen molar-refractivity contribution in [1.82, 2.24) is 0 Å². The molecule has 0 unspecified atom stereocenters. The standard InChI is InChI=1S/C14H5F17O3S2.C12H5F13O3S2.C9H4F8O3S/c15-3-5(17)8(36-34-33-32)6(18)4(16)7(3)35-2-1-9(19,20)10(21,22)11(23,24)12(25,26)13(27,28)14(29,30)31;13-3-5(15)8(30-28-27-26)6(16)4(14)7(3)29-2-1-9(17,18)10(19,20)11(21,22)12(23,24)25;1-2-3(8(12,13)14)6(11)7(21-20-19-18)4(5(2)10)9(15,16)17/h32H,1-2H2;26H,1-2H2;18H,1H3. The summed E-state index contributed by atoms with van der Waals surface area (Å²) in [4.78, 5) is -8.72. The fourth-order valence-electron chi connectivity index (χ4n) is 5.27. The molecule has 0 saturated carbocycles. The normalized spacial score (nSPS) is 13.9. The van der Waals surface area contributed by atoms with Crippen LogP contribution in [0.2, 0.25) is 0 Å². The Morgan fingerprint density at radius 3 is 0.805 bits per heavy atom. The third-order valence-electron chi connectivity index (χ3n) is 9.48. The summed E-state index contributed by atoms with van der Waals surface area (Å²) in [7, 11) is 0. The van der Waals surface area contributed by atoms with Crippen molar-refractivity contribution in [2.75, 3.05) is 11.5 Å². The van der Waals surface area contributed by atoms with Crippen molar-refractivity contribution < 1.29 is 211 Å². The van der Waals surface area contributed by atoms with Crippen LogP contribution in [0.5, 0.6) is 0 Å². The Balaban J connectivity index is 0.000000674. The van der Waals surface area contributed by atoms with Crippen molar-refractivity contribution in [2.24, 2.45) is 0 Å². The van der Waals surface area contributed by atoms with E-state index in [1.54, 1.807) is 0 Å². The summed E-state index contributed by atoms with van der Waals surface area (Å²) in [6.07, 6.45) is -30.9. The molecular weight excluding hydrogens is 1450 g/mol. The molecule has 0 saturated heterocycles. The number of alkyl halides is 28. The Bertz CT molecular complexity index is 2790. The molecule has 0 atom stereocenters. The van der Waals surface area contributed by atoms with Crippen LogP contribution in [0.1, 0.15) is 29.5 Å². The largest absolute Gasteiger partial charge is 0.460 e. The summed E-state index contributed by atoms with van der Waals surface area (Å²) in [6.45, 7) is 0.355. The molecule has 0 aliphatic heterocycles. The number of rotatable bonds is 23. The van der Waals surface area contributed by atoms with Crippen LogP contribution in [0.3, 0.4) is 0 Å². The SMILES string of the molecule is Cc1c(F)c(C(F)(F)F)c(SOOO)c(F)c1C(F)(F)F.OOOSc1c(F)c(F)c(SCCC(F)(F)C(F)(F)C(F)(F)C(F)(F)C(F)(F)C(F)(F)F)c(F)c1F.OOOSc1c(F)c(F)c(SCCC(F)(F)C(F)(F)C(F)(F)C(F)(F)F)c(F)c1F. The Hall–Kier alpha value is -3.61. The highest BCUT2D eigenvalue weighted by molar-refractivity contribution is 7.99. The minimum atomic E-state index is -8.13. The number of hydrogen-bond acceptors (Lipinski definition) is 14. The van der Waals surface area contributed by atoms with Gasteiger partial charge in [-0.1, -0.05) is 15.1 Å². The van der Waals surface area contributed by atoms with Crippen LogP contribution in [0.25, 0.3) is 0 Å². The smallest absolute Gasteiger partial charge is 0.220 e. The number of thioether (sulfide) groups is 2. The third-order valence-corrected chi connectivity index (χ3v) is 13.6. The molecule has 0 aliphatic carbocycles. The lowest BCUT2D eigenvalue weighted by atomic mass is 9.93. The van der Waals surface area contributed by atoms with Gasteiger partial charge in [0, 0.05) is 29.9 Å². The maximum Gasteiger partial charge on any atom is 0.460 e. The third kappa shape index (κ3) is 16.7. The van der Waals surface area contributed by atoms with E-state index in [0.717, 1.165) is 0 Å². The van der Waals surface area contributed by atoms with Gasteiger partial charge in [-0.2, -0.15) is 123 Å². The second-order valence-corrected chi connectivity index (χ2v) is 19.2. The van der Waals surface area contributed by atoms with Gasteiger partial charge in [0.25, 0.3) is 0 Å². The van der Waals surface area contributed by atoms with Gasteiger partial charge in [-0.3, -0.25) is 0 Å². The zero-order valence-corrected chi connectivity index (χ0v) is 43.1. The van der Waals surface area contributed by atoms with E-state index in [0.29, 0.717) is 6.92 Å². The van der Waals surface area contributed by atoms with E-state index in [4.69, 9.17) is 15.8 Å². The molecule has 3 aromatic carbocycles. The fourth-order valence-corrected chi connectivity index (χ4v) is 8.67. The van der Waals surface area contributed by atoms with Gasteiger partial charge in [0.05, 0.1) is 56.4 Å². The second kappa shape index (κ2) is 28.9. The molecule has 3 rings (SSSR count). The molecule has 0 bridgehead atoms. The lowest BCUT2D eigenvalue weighted by molar-refractivity contribution is -0.439. The molecule has 0 amide bonds. The van der Waals surface area contributed by atoms with E-state index in [1.165, 1.54) is 0 Å². The molecule has 3 N–H and O–H groups in total. The van der Waals surface area contributed by atoms with Crippen LogP contribution < -0.4 is 0 Å². The maximum atomic E-state index is 13.9. The first kappa shape index (κ1) is 81.4.